The Bertz CT molecular complexity index is 1470. The summed E-state index contributed by atoms with van der Waals surface area (Å²) in [5.74, 6) is 0.169. The second-order valence-corrected chi connectivity index (χ2v) is 9.28. The Morgan fingerprint density at radius 2 is 1.81 bits per heavy atom. The van der Waals surface area contributed by atoms with Crippen LogP contribution < -0.4 is 10.5 Å². The largest absolute Gasteiger partial charge is 0.493 e. The summed E-state index contributed by atoms with van der Waals surface area (Å²) in [6.07, 6.45) is 4.66. The quantitative estimate of drug-likeness (QED) is 0.353. The Labute approximate surface area is 210 Å². The van der Waals surface area contributed by atoms with Crippen molar-refractivity contribution in [3.05, 3.63) is 72.5 Å². The van der Waals surface area contributed by atoms with E-state index in [4.69, 9.17) is 14.9 Å². The van der Waals surface area contributed by atoms with Gasteiger partial charge in [0.05, 0.1) is 12.9 Å². The standard InChI is InChI=1S/C30H30N2O4/c1-3-35-27-17-28-25(26(18-36-28)23-10-6-8-20-7-4-5-9-22(20)23)16-24(27)19(2)15-29(33)32-13-11-21(12-14-32)30(31)34/h4-10,15-18,21H,3,11-14H2,1-2H3,(H2,31,34)/b19-15+. The first kappa shape index (κ1) is 23.7. The van der Waals surface area contributed by atoms with Crippen molar-refractivity contribution in [2.45, 2.75) is 26.7 Å². The minimum atomic E-state index is -0.286. The van der Waals surface area contributed by atoms with Gasteiger partial charge in [0, 0.05) is 47.7 Å². The van der Waals surface area contributed by atoms with Crippen LogP contribution in [0.15, 0.2) is 71.4 Å². The van der Waals surface area contributed by atoms with Crippen LogP contribution >= 0.6 is 0 Å². The van der Waals surface area contributed by atoms with Gasteiger partial charge in [-0.15, -0.1) is 0 Å². The zero-order valence-electron chi connectivity index (χ0n) is 20.6. The van der Waals surface area contributed by atoms with E-state index in [0.717, 1.165) is 44.0 Å². The number of piperidine rings is 1. The van der Waals surface area contributed by atoms with E-state index in [1.807, 2.05) is 32.0 Å². The highest BCUT2D eigenvalue weighted by atomic mass is 16.5. The highest BCUT2D eigenvalue weighted by molar-refractivity contribution is 6.06. The Balaban J connectivity index is 1.53. The van der Waals surface area contributed by atoms with Crippen LogP contribution in [0.2, 0.25) is 0 Å². The third-order valence-corrected chi connectivity index (χ3v) is 7.03. The molecule has 6 heteroatoms. The molecule has 0 radical (unpaired) electrons. The fourth-order valence-corrected chi connectivity index (χ4v) is 5.05. The molecule has 0 spiro atoms. The van der Waals surface area contributed by atoms with Crippen molar-refractivity contribution >= 4 is 39.1 Å². The number of rotatable bonds is 6. The van der Waals surface area contributed by atoms with Crippen molar-refractivity contribution in [3.63, 3.8) is 0 Å². The molecule has 0 aliphatic carbocycles. The predicted octanol–water partition coefficient (Wildman–Crippen LogP) is 5.78. The van der Waals surface area contributed by atoms with Crippen molar-refractivity contribution < 1.29 is 18.7 Å². The monoisotopic (exact) mass is 482 g/mol. The first-order chi connectivity index (χ1) is 17.5. The molecule has 2 amide bonds. The molecule has 3 aromatic carbocycles. The topological polar surface area (TPSA) is 85.8 Å². The fourth-order valence-electron chi connectivity index (χ4n) is 5.05. The second-order valence-electron chi connectivity index (χ2n) is 9.28. The van der Waals surface area contributed by atoms with E-state index >= 15 is 0 Å². The number of nitrogens with zero attached hydrogens (tertiary/aromatic N) is 1. The number of hydrogen-bond acceptors (Lipinski definition) is 4. The van der Waals surface area contributed by atoms with Gasteiger partial charge in [0.2, 0.25) is 11.8 Å². The van der Waals surface area contributed by atoms with Crippen molar-refractivity contribution in [3.8, 4) is 16.9 Å². The highest BCUT2D eigenvalue weighted by Crippen LogP contribution is 2.39. The Morgan fingerprint density at radius 1 is 1.06 bits per heavy atom. The molecule has 0 saturated carbocycles. The maximum Gasteiger partial charge on any atom is 0.246 e. The van der Waals surface area contributed by atoms with Gasteiger partial charge in [0.25, 0.3) is 0 Å². The predicted molar refractivity (Wildman–Crippen MR) is 142 cm³/mol. The van der Waals surface area contributed by atoms with E-state index in [9.17, 15) is 9.59 Å². The average Bonchev–Trinajstić information content (AvgIpc) is 3.30. The maximum atomic E-state index is 13.1. The first-order valence-corrected chi connectivity index (χ1v) is 12.4. The summed E-state index contributed by atoms with van der Waals surface area (Å²) in [4.78, 5) is 26.3. The van der Waals surface area contributed by atoms with Crippen LogP contribution in [0.4, 0.5) is 0 Å². The van der Waals surface area contributed by atoms with Crippen LogP contribution in [0, 0.1) is 5.92 Å². The number of ether oxygens (including phenoxy) is 1. The van der Waals surface area contributed by atoms with E-state index < -0.39 is 0 Å². The zero-order valence-corrected chi connectivity index (χ0v) is 20.6. The average molecular weight is 483 g/mol. The summed E-state index contributed by atoms with van der Waals surface area (Å²) in [7, 11) is 0. The molecule has 0 atom stereocenters. The van der Waals surface area contributed by atoms with Crippen LogP contribution in [0.5, 0.6) is 5.75 Å². The summed E-state index contributed by atoms with van der Waals surface area (Å²) in [6.45, 7) is 5.42. The van der Waals surface area contributed by atoms with Gasteiger partial charge in [0.1, 0.15) is 11.3 Å². The van der Waals surface area contributed by atoms with Gasteiger partial charge >= 0.3 is 0 Å². The van der Waals surface area contributed by atoms with E-state index in [1.165, 1.54) is 0 Å². The molecular formula is C30H30N2O4. The van der Waals surface area contributed by atoms with Gasteiger partial charge in [-0.3, -0.25) is 9.59 Å². The molecule has 1 fully saturated rings. The molecule has 4 aromatic rings. The van der Waals surface area contributed by atoms with Gasteiger partial charge in [-0.2, -0.15) is 0 Å². The van der Waals surface area contributed by atoms with E-state index in [-0.39, 0.29) is 17.7 Å². The number of furan rings is 1. The number of benzene rings is 3. The van der Waals surface area contributed by atoms with E-state index in [1.54, 1.807) is 17.2 Å². The van der Waals surface area contributed by atoms with Gasteiger partial charge in [0.15, 0.2) is 0 Å². The summed E-state index contributed by atoms with van der Waals surface area (Å²) in [5, 5.41) is 3.28. The smallest absolute Gasteiger partial charge is 0.246 e. The molecule has 184 valence electrons. The van der Waals surface area contributed by atoms with Crippen molar-refractivity contribution in [2.75, 3.05) is 19.7 Å². The van der Waals surface area contributed by atoms with Crippen LogP contribution in [-0.4, -0.2) is 36.4 Å². The van der Waals surface area contributed by atoms with Crippen LogP contribution in [0.25, 0.3) is 38.4 Å². The Morgan fingerprint density at radius 3 is 2.56 bits per heavy atom. The Hall–Kier alpha value is -4.06. The fraction of sp³-hybridized carbons (Fsp3) is 0.267. The highest BCUT2D eigenvalue weighted by Gasteiger charge is 2.25. The van der Waals surface area contributed by atoms with Gasteiger partial charge in [-0.1, -0.05) is 42.5 Å². The lowest BCUT2D eigenvalue weighted by molar-refractivity contribution is -0.130. The number of amides is 2. The summed E-state index contributed by atoms with van der Waals surface area (Å²) < 4.78 is 11.9. The third kappa shape index (κ3) is 4.47. The first-order valence-electron chi connectivity index (χ1n) is 12.4. The van der Waals surface area contributed by atoms with Crippen LogP contribution in [0.3, 0.4) is 0 Å². The second kappa shape index (κ2) is 9.90. The van der Waals surface area contributed by atoms with Gasteiger partial charge < -0.3 is 19.8 Å². The third-order valence-electron chi connectivity index (χ3n) is 7.03. The number of nitrogens with two attached hydrogens (primary N) is 1. The zero-order chi connectivity index (χ0) is 25.2. The number of hydrogen-bond donors (Lipinski definition) is 1. The van der Waals surface area contributed by atoms with E-state index in [0.29, 0.717) is 38.3 Å². The Kier molecular flexibility index (Phi) is 6.51. The van der Waals surface area contributed by atoms with Crippen molar-refractivity contribution in [1.82, 2.24) is 4.90 Å². The van der Waals surface area contributed by atoms with Gasteiger partial charge in [-0.25, -0.2) is 0 Å². The molecule has 1 aliphatic rings. The van der Waals surface area contributed by atoms with Crippen LogP contribution in [0.1, 0.15) is 32.3 Å². The lowest BCUT2D eigenvalue weighted by Gasteiger charge is -2.30. The van der Waals surface area contributed by atoms with Crippen molar-refractivity contribution in [1.29, 1.82) is 0 Å². The molecular weight excluding hydrogens is 452 g/mol. The lowest BCUT2D eigenvalue weighted by Crippen LogP contribution is -2.41. The molecule has 0 bridgehead atoms. The molecule has 6 nitrogen and oxygen atoms in total. The van der Waals surface area contributed by atoms with Gasteiger partial charge in [-0.05, 0) is 54.7 Å². The van der Waals surface area contributed by atoms with Crippen LogP contribution in [-0.2, 0) is 9.59 Å². The normalized spacial score (nSPS) is 14.9. The number of allylic oxidation sites excluding steroid dienone is 1. The summed E-state index contributed by atoms with van der Waals surface area (Å²) in [5.41, 5.74) is 9.93. The van der Waals surface area contributed by atoms with E-state index in [2.05, 4.69) is 36.4 Å². The molecule has 2 heterocycles. The number of carbonyl (C=O) groups is 2. The number of likely N-dealkylation sites (tertiary alicyclic amines) is 1. The number of primary amides is 1. The molecule has 1 aliphatic heterocycles. The molecule has 36 heavy (non-hydrogen) atoms. The molecule has 5 rings (SSSR count). The molecule has 2 N–H and O–H groups in total. The minimum Gasteiger partial charge on any atom is -0.493 e. The SMILES string of the molecule is CCOc1cc2occ(-c3cccc4ccccc34)c2cc1/C(C)=C/C(=O)N1CCC(C(N)=O)CC1. The molecule has 1 saturated heterocycles. The molecule has 0 unspecified atom stereocenters. The maximum absolute atomic E-state index is 13.1. The lowest BCUT2D eigenvalue weighted by atomic mass is 9.95. The number of fused-ring (bicyclic) bond motifs is 2. The van der Waals surface area contributed by atoms with Crippen molar-refractivity contribution in [2.24, 2.45) is 11.7 Å². The summed E-state index contributed by atoms with van der Waals surface area (Å²) in [6, 6.07) is 18.5. The molecule has 1 aromatic heterocycles. The summed E-state index contributed by atoms with van der Waals surface area (Å²) >= 11 is 0. The number of carbonyl (C=O) groups excluding carboxylic acids is 2. The minimum absolute atomic E-state index is 0.0700.